The van der Waals surface area contributed by atoms with Crippen LogP contribution >= 0.6 is 35.3 Å². The first-order valence-corrected chi connectivity index (χ1v) is 6.36. The predicted molar refractivity (Wildman–Crippen MR) is 75.9 cm³/mol. The molecule has 0 aromatic carbocycles. The van der Waals surface area contributed by atoms with E-state index in [0.29, 0.717) is 6.54 Å². The fourth-order valence-corrected chi connectivity index (χ4v) is 2.46. The van der Waals surface area contributed by atoms with Crippen LogP contribution in [0, 0.1) is 5.92 Å². The van der Waals surface area contributed by atoms with Gasteiger partial charge in [0, 0.05) is 18.0 Å². The molecule has 1 heterocycles. The summed E-state index contributed by atoms with van der Waals surface area (Å²) in [4.78, 5) is 14.7. The van der Waals surface area contributed by atoms with Crippen LogP contribution in [0.3, 0.4) is 0 Å². The molecule has 0 saturated heterocycles. The van der Waals surface area contributed by atoms with Gasteiger partial charge in [-0.3, -0.25) is 4.79 Å². The average Bonchev–Trinajstić information content (AvgIpc) is 2.61. The highest BCUT2D eigenvalue weighted by molar-refractivity contribution is 7.16. The van der Waals surface area contributed by atoms with E-state index in [1.54, 1.807) is 11.9 Å². The lowest BCUT2D eigenvalue weighted by Crippen LogP contribution is -2.39. The molecular formula is C11H18Cl2N2OS. The van der Waals surface area contributed by atoms with Crippen molar-refractivity contribution < 1.29 is 4.79 Å². The van der Waals surface area contributed by atoms with E-state index >= 15 is 0 Å². The Labute approximate surface area is 117 Å². The Balaban J connectivity index is 0.00000256. The summed E-state index contributed by atoms with van der Waals surface area (Å²) in [6, 6.07) is 3.66. The van der Waals surface area contributed by atoms with Gasteiger partial charge in [-0.1, -0.05) is 18.5 Å². The van der Waals surface area contributed by atoms with Crippen LogP contribution in [0.5, 0.6) is 0 Å². The zero-order valence-corrected chi connectivity index (χ0v) is 12.5. The Kier molecular flexibility index (Phi) is 7.09. The monoisotopic (exact) mass is 296 g/mol. The molecule has 0 bridgehead atoms. The first-order chi connectivity index (χ1) is 7.41. The Morgan fingerprint density at radius 2 is 2.12 bits per heavy atom. The summed E-state index contributed by atoms with van der Waals surface area (Å²) in [5.41, 5.74) is 5.71. The van der Waals surface area contributed by atoms with E-state index in [1.807, 2.05) is 26.0 Å². The topological polar surface area (TPSA) is 46.3 Å². The van der Waals surface area contributed by atoms with Gasteiger partial charge in [-0.05, 0) is 19.1 Å². The summed E-state index contributed by atoms with van der Waals surface area (Å²) in [7, 11) is 1.79. The molecule has 0 aliphatic heterocycles. The first-order valence-electron chi connectivity index (χ1n) is 5.16. The molecule has 2 atom stereocenters. The first kappa shape index (κ1) is 16.7. The molecule has 6 heteroatoms. The molecule has 1 aromatic heterocycles. The van der Waals surface area contributed by atoms with Crippen LogP contribution in [-0.4, -0.2) is 23.9 Å². The van der Waals surface area contributed by atoms with E-state index in [-0.39, 0.29) is 30.3 Å². The number of hydrogen-bond donors (Lipinski definition) is 1. The molecule has 0 saturated carbocycles. The number of carbonyl (C=O) groups is 1. The molecule has 0 spiro atoms. The van der Waals surface area contributed by atoms with Gasteiger partial charge in [-0.2, -0.15) is 0 Å². The maximum Gasteiger partial charge on any atom is 0.227 e. The zero-order chi connectivity index (χ0) is 12.3. The standard InChI is InChI=1S/C11H17ClN2OS.ClH/c1-7(8(2)13)11(15)14(3)6-9-4-5-10(12)16-9;/h4-5,7-8H,6,13H2,1-3H3;1H. The Morgan fingerprint density at radius 3 is 2.53 bits per heavy atom. The summed E-state index contributed by atoms with van der Waals surface area (Å²) in [6.45, 7) is 4.29. The van der Waals surface area contributed by atoms with Gasteiger partial charge >= 0.3 is 0 Å². The quantitative estimate of drug-likeness (QED) is 0.929. The third-order valence-electron chi connectivity index (χ3n) is 2.58. The Morgan fingerprint density at radius 1 is 1.53 bits per heavy atom. The zero-order valence-electron chi connectivity index (χ0n) is 10.1. The van der Waals surface area contributed by atoms with Crippen molar-refractivity contribution in [2.75, 3.05) is 7.05 Å². The molecule has 2 unspecified atom stereocenters. The largest absolute Gasteiger partial charge is 0.340 e. The van der Waals surface area contributed by atoms with Gasteiger partial charge < -0.3 is 10.6 Å². The van der Waals surface area contributed by atoms with Crippen molar-refractivity contribution >= 4 is 41.3 Å². The van der Waals surface area contributed by atoms with E-state index < -0.39 is 0 Å². The van der Waals surface area contributed by atoms with Crippen molar-refractivity contribution in [1.29, 1.82) is 0 Å². The van der Waals surface area contributed by atoms with Gasteiger partial charge in [0.2, 0.25) is 5.91 Å². The van der Waals surface area contributed by atoms with Crippen molar-refractivity contribution in [3.63, 3.8) is 0 Å². The number of nitrogens with two attached hydrogens (primary N) is 1. The number of rotatable bonds is 4. The van der Waals surface area contributed by atoms with Crippen molar-refractivity contribution in [3.05, 3.63) is 21.3 Å². The van der Waals surface area contributed by atoms with Gasteiger partial charge in [0.25, 0.3) is 0 Å². The molecular weight excluding hydrogens is 279 g/mol. The minimum Gasteiger partial charge on any atom is -0.340 e. The van der Waals surface area contributed by atoms with E-state index in [4.69, 9.17) is 17.3 Å². The predicted octanol–water partition coefficient (Wildman–Crippen LogP) is 2.77. The van der Waals surface area contributed by atoms with Crippen molar-refractivity contribution in [2.45, 2.75) is 26.4 Å². The van der Waals surface area contributed by atoms with Crippen LogP contribution in [-0.2, 0) is 11.3 Å². The minimum atomic E-state index is -0.152. The molecule has 2 N–H and O–H groups in total. The lowest BCUT2D eigenvalue weighted by Gasteiger charge is -2.22. The molecule has 3 nitrogen and oxygen atoms in total. The molecule has 1 amide bonds. The molecule has 0 fully saturated rings. The highest BCUT2D eigenvalue weighted by Gasteiger charge is 2.21. The number of amides is 1. The van der Waals surface area contributed by atoms with E-state index in [1.165, 1.54) is 11.3 Å². The van der Waals surface area contributed by atoms with E-state index in [0.717, 1.165) is 9.21 Å². The van der Waals surface area contributed by atoms with Crippen LogP contribution < -0.4 is 5.73 Å². The van der Waals surface area contributed by atoms with Gasteiger partial charge in [-0.15, -0.1) is 23.7 Å². The molecule has 0 aliphatic carbocycles. The lowest BCUT2D eigenvalue weighted by atomic mass is 10.0. The maximum atomic E-state index is 11.9. The molecule has 17 heavy (non-hydrogen) atoms. The van der Waals surface area contributed by atoms with Crippen LogP contribution in [0.2, 0.25) is 4.34 Å². The Hall–Kier alpha value is -0.290. The van der Waals surface area contributed by atoms with Crippen molar-refractivity contribution in [3.8, 4) is 0 Å². The second kappa shape index (κ2) is 7.21. The van der Waals surface area contributed by atoms with Crippen LogP contribution in [0.4, 0.5) is 0 Å². The van der Waals surface area contributed by atoms with Gasteiger partial charge in [0.05, 0.1) is 16.8 Å². The summed E-state index contributed by atoms with van der Waals surface area (Å²) in [5.74, 6) is -0.0834. The fourth-order valence-electron chi connectivity index (χ4n) is 1.32. The molecule has 1 aromatic rings. The maximum absolute atomic E-state index is 11.9. The summed E-state index contributed by atoms with van der Waals surface area (Å²) >= 11 is 7.33. The molecule has 0 aliphatic rings. The molecule has 0 radical (unpaired) electrons. The number of carbonyl (C=O) groups excluding carboxylic acids is 1. The third-order valence-corrected chi connectivity index (χ3v) is 3.79. The van der Waals surface area contributed by atoms with Crippen molar-refractivity contribution in [2.24, 2.45) is 11.7 Å². The number of thiophene rings is 1. The lowest BCUT2D eigenvalue weighted by molar-refractivity contribution is -0.134. The summed E-state index contributed by atoms with van der Waals surface area (Å²) in [5, 5.41) is 0. The number of nitrogens with zero attached hydrogens (tertiary/aromatic N) is 1. The van der Waals surface area contributed by atoms with Crippen LogP contribution in [0.25, 0.3) is 0 Å². The molecule has 98 valence electrons. The average molecular weight is 297 g/mol. The fraction of sp³-hybridized carbons (Fsp3) is 0.545. The second-order valence-corrected chi connectivity index (χ2v) is 5.85. The number of halogens is 2. The van der Waals surface area contributed by atoms with E-state index in [2.05, 4.69) is 0 Å². The van der Waals surface area contributed by atoms with Gasteiger partial charge in [0.1, 0.15) is 0 Å². The highest BCUT2D eigenvalue weighted by Crippen LogP contribution is 2.22. The van der Waals surface area contributed by atoms with Gasteiger partial charge in [0.15, 0.2) is 0 Å². The SMILES string of the molecule is CC(N)C(C)C(=O)N(C)Cc1ccc(Cl)s1.Cl. The van der Waals surface area contributed by atoms with Gasteiger partial charge in [-0.25, -0.2) is 0 Å². The summed E-state index contributed by atoms with van der Waals surface area (Å²) in [6.07, 6.45) is 0. The normalized spacial score (nSPS) is 13.7. The Bertz CT molecular complexity index is 368. The number of hydrogen-bond acceptors (Lipinski definition) is 3. The van der Waals surface area contributed by atoms with Crippen LogP contribution in [0.15, 0.2) is 12.1 Å². The summed E-state index contributed by atoms with van der Waals surface area (Å²) < 4.78 is 0.746. The van der Waals surface area contributed by atoms with Crippen molar-refractivity contribution in [1.82, 2.24) is 4.90 Å². The smallest absolute Gasteiger partial charge is 0.227 e. The van der Waals surface area contributed by atoms with Crippen LogP contribution in [0.1, 0.15) is 18.7 Å². The second-order valence-electron chi connectivity index (χ2n) is 4.05. The minimum absolute atomic E-state index is 0. The highest BCUT2D eigenvalue weighted by atomic mass is 35.5. The third kappa shape index (κ3) is 4.84. The molecule has 1 rings (SSSR count). The van der Waals surface area contributed by atoms with E-state index in [9.17, 15) is 4.79 Å².